The number of aryl methyl sites for hydroxylation is 3. The third-order valence-corrected chi connectivity index (χ3v) is 4.85. The lowest BCUT2D eigenvalue weighted by atomic mass is 9.96. The van der Waals surface area contributed by atoms with Crippen molar-refractivity contribution in [2.24, 2.45) is 12.2 Å². The summed E-state index contributed by atoms with van der Waals surface area (Å²) in [4.78, 5) is 15.5. The number of aromatic nitrogens is 3. The lowest BCUT2D eigenvalue weighted by Gasteiger charge is -2.16. The van der Waals surface area contributed by atoms with Crippen molar-refractivity contribution >= 4 is 10.9 Å². The van der Waals surface area contributed by atoms with Crippen molar-refractivity contribution in [1.29, 1.82) is 5.26 Å². The number of hydrogen-bond donors (Lipinski definition) is 0. The third kappa shape index (κ3) is 3.38. The molecular formula is C19H16F3N7O. The smallest absolute Gasteiger partial charge is 0.314 e. The van der Waals surface area contributed by atoms with E-state index in [1.807, 2.05) is 6.92 Å². The summed E-state index contributed by atoms with van der Waals surface area (Å²) in [6.45, 7) is 4.01. The molecule has 0 N–H and O–H groups in total. The van der Waals surface area contributed by atoms with Crippen molar-refractivity contribution in [1.82, 2.24) is 14.3 Å². The van der Waals surface area contributed by atoms with Gasteiger partial charge in [-0.15, -0.1) is 0 Å². The van der Waals surface area contributed by atoms with Crippen LogP contribution in [0.4, 0.5) is 13.2 Å². The molecule has 0 radical (unpaired) electrons. The summed E-state index contributed by atoms with van der Waals surface area (Å²) in [5, 5.41) is 17.7. The molecular weight excluding hydrogens is 399 g/mol. The van der Waals surface area contributed by atoms with Crippen LogP contribution in [0, 0.1) is 18.3 Å². The van der Waals surface area contributed by atoms with Crippen molar-refractivity contribution in [2.45, 2.75) is 32.6 Å². The van der Waals surface area contributed by atoms with E-state index in [9.17, 15) is 23.2 Å². The quantitative estimate of drug-likeness (QED) is 0.358. The zero-order valence-corrected chi connectivity index (χ0v) is 16.3. The van der Waals surface area contributed by atoms with E-state index in [2.05, 4.69) is 15.1 Å². The molecule has 8 nitrogen and oxygen atoms in total. The molecule has 1 unspecified atom stereocenters. The molecule has 0 aliphatic heterocycles. The molecule has 3 aromatic rings. The maximum Gasteiger partial charge on any atom is 0.417 e. The van der Waals surface area contributed by atoms with E-state index in [0.29, 0.717) is 23.2 Å². The maximum atomic E-state index is 13.1. The molecule has 154 valence electrons. The second-order valence-corrected chi connectivity index (χ2v) is 6.66. The van der Waals surface area contributed by atoms with Gasteiger partial charge in [0.1, 0.15) is 6.04 Å². The van der Waals surface area contributed by atoms with Gasteiger partial charge in [0, 0.05) is 30.1 Å². The fourth-order valence-corrected chi connectivity index (χ4v) is 3.52. The number of azide groups is 1. The second-order valence-electron chi connectivity index (χ2n) is 6.66. The molecule has 1 atom stereocenters. The van der Waals surface area contributed by atoms with Gasteiger partial charge in [-0.3, -0.25) is 9.48 Å². The minimum atomic E-state index is -4.70. The highest BCUT2D eigenvalue weighted by Gasteiger charge is 2.34. The highest BCUT2D eigenvalue weighted by atomic mass is 19.4. The van der Waals surface area contributed by atoms with Crippen LogP contribution in [0.1, 0.15) is 40.9 Å². The minimum absolute atomic E-state index is 0.167. The van der Waals surface area contributed by atoms with Crippen molar-refractivity contribution in [3.8, 4) is 6.07 Å². The van der Waals surface area contributed by atoms with E-state index in [0.717, 1.165) is 18.2 Å². The van der Waals surface area contributed by atoms with E-state index in [-0.39, 0.29) is 16.6 Å². The van der Waals surface area contributed by atoms with Gasteiger partial charge in [-0.25, -0.2) is 0 Å². The summed E-state index contributed by atoms with van der Waals surface area (Å²) in [7, 11) is 1.56. The maximum absolute atomic E-state index is 13.1. The number of fused-ring (bicyclic) bond motifs is 1. The lowest BCUT2D eigenvalue weighted by Crippen LogP contribution is -2.19. The normalized spacial score (nSPS) is 12.4. The Morgan fingerprint density at radius 1 is 1.40 bits per heavy atom. The van der Waals surface area contributed by atoms with E-state index < -0.39 is 23.3 Å². The van der Waals surface area contributed by atoms with Crippen LogP contribution in [-0.2, 0) is 19.8 Å². The van der Waals surface area contributed by atoms with Gasteiger partial charge < -0.3 is 4.57 Å². The first kappa shape index (κ1) is 21.0. The predicted molar refractivity (Wildman–Crippen MR) is 103 cm³/mol. The van der Waals surface area contributed by atoms with Crippen molar-refractivity contribution < 1.29 is 13.2 Å². The molecule has 1 aromatic carbocycles. The lowest BCUT2D eigenvalue weighted by molar-refractivity contribution is -0.137. The van der Waals surface area contributed by atoms with Crippen LogP contribution in [0.5, 0.6) is 0 Å². The fraction of sp³-hybridized carbons (Fsp3) is 0.316. The second kappa shape index (κ2) is 7.57. The van der Waals surface area contributed by atoms with Crippen LogP contribution in [0.15, 0.2) is 34.3 Å². The molecule has 30 heavy (non-hydrogen) atoms. The van der Waals surface area contributed by atoms with Gasteiger partial charge in [-0.2, -0.15) is 23.5 Å². The SMILES string of the molecule is CCn1cc(C)c2c(C(N=[N+]=[N-])c3ccc(C(F)(F)F)c(C#N)c3)n(C)nc2c1=O. The topological polar surface area (TPSA) is 112 Å². The average Bonchev–Trinajstić information content (AvgIpc) is 3.05. The van der Waals surface area contributed by atoms with Crippen LogP contribution >= 0.6 is 0 Å². The van der Waals surface area contributed by atoms with Crippen molar-refractivity contribution in [2.75, 3.05) is 0 Å². The van der Waals surface area contributed by atoms with E-state index in [1.165, 1.54) is 9.25 Å². The van der Waals surface area contributed by atoms with Crippen molar-refractivity contribution in [3.63, 3.8) is 0 Å². The Bertz CT molecular complexity index is 1290. The summed E-state index contributed by atoms with van der Waals surface area (Å²) in [6.07, 6.45) is -3.05. The van der Waals surface area contributed by atoms with E-state index in [1.54, 1.807) is 26.2 Å². The van der Waals surface area contributed by atoms with Crippen LogP contribution in [0.25, 0.3) is 21.3 Å². The fourth-order valence-electron chi connectivity index (χ4n) is 3.52. The van der Waals surface area contributed by atoms with Gasteiger partial charge >= 0.3 is 6.18 Å². The van der Waals surface area contributed by atoms with E-state index in [4.69, 9.17) is 5.53 Å². The number of alkyl halides is 3. The van der Waals surface area contributed by atoms with Gasteiger partial charge in [0.05, 0.1) is 22.9 Å². The van der Waals surface area contributed by atoms with Gasteiger partial charge in [-0.1, -0.05) is 11.2 Å². The van der Waals surface area contributed by atoms with Gasteiger partial charge in [0.25, 0.3) is 5.56 Å². The number of benzene rings is 1. The highest BCUT2D eigenvalue weighted by molar-refractivity contribution is 5.85. The molecule has 0 bridgehead atoms. The van der Waals surface area contributed by atoms with Crippen LogP contribution in [0.3, 0.4) is 0 Å². The first-order valence-corrected chi connectivity index (χ1v) is 8.86. The number of nitrogens with zero attached hydrogens (tertiary/aromatic N) is 7. The zero-order valence-electron chi connectivity index (χ0n) is 16.3. The molecule has 2 aromatic heterocycles. The first-order valence-electron chi connectivity index (χ1n) is 8.86. The zero-order chi connectivity index (χ0) is 22.2. The summed E-state index contributed by atoms with van der Waals surface area (Å²) in [5.41, 5.74) is 8.49. The average molecular weight is 415 g/mol. The molecule has 0 saturated heterocycles. The number of pyridine rings is 1. The van der Waals surface area contributed by atoms with Gasteiger partial charge in [-0.05, 0) is 42.6 Å². The monoisotopic (exact) mass is 415 g/mol. The molecule has 0 fully saturated rings. The molecule has 11 heteroatoms. The van der Waals surface area contributed by atoms with Gasteiger partial charge in [0.2, 0.25) is 0 Å². The number of nitriles is 1. The third-order valence-electron chi connectivity index (χ3n) is 4.85. The Balaban J connectivity index is 2.32. The Labute approximate surface area is 168 Å². The molecule has 2 heterocycles. The Morgan fingerprint density at radius 3 is 2.67 bits per heavy atom. The minimum Gasteiger partial charge on any atom is -0.314 e. The van der Waals surface area contributed by atoms with Crippen molar-refractivity contribution in [3.05, 3.63) is 73.1 Å². The van der Waals surface area contributed by atoms with Crippen LogP contribution in [0.2, 0.25) is 0 Å². The number of rotatable bonds is 4. The molecule has 0 aliphatic carbocycles. The number of halogens is 3. The molecule has 0 saturated carbocycles. The summed E-state index contributed by atoms with van der Waals surface area (Å²) >= 11 is 0. The summed E-state index contributed by atoms with van der Waals surface area (Å²) in [6, 6.07) is 3.44. The molecule has 0 aliphatic rings. The summed E-state index contributed by atoms with van der Waals surface area (Å²) in [5.74, 6) is 0. The molecule has 0 spiro atoms. The Morgan fingerprint density at radius 2 is 2.10 bits per heavy atom. The van der Waals surface area contributed by atoms with Gasteiger partial charge in [0.15, 0.2) is 5.52 Å². The highest BCUT2D eigenvalue weighted by Crippen LogP contribution is 2.37. The Kier molecular flexibility index (Phi) is 5.29. The molecule has 3 rings (SSSR count). The largest absolute Gasteiger partial charge is 0.417 e. The first-order chi connectivity index (χ1) is 14.1. The van der Waals surface area contributed by atoms with E-state index >= 15 is 0 Å². The van der Waals surface area contributed by atoms with Crippen LogP contribution in [-0.4, -0.2) is 14.3 Å². The predicted octanol–water partition coefficient (Wildman–Crippen LogP) is 4.35. The van der Waals surface area contributed by atoms with Crippen LogP contribution < -0.4 is 5.56 Å². The molecule has 0 amide bonds. The number of hydrogen-bond acceptors (Lipinski definition) is 4. The Hall–Kier alpha value is -3.77. The standard InChI is InChI=1S/C19H16F3N7O/c1-4-29-9-10(2)14-16(18(29)30)26-28(3)17(14)15(25-27-24)11-5-6-13(19(20,21)22)12(7-11)8-23/h5-7,9,15H,4H2,1-3H3. The summed E-state index contributed by atoms with van der Waals surface area (Å²) < 4.78 is 42.3.